The number of benzene rings is 2. The number of halogens is 1. The van der Waals surface area contributed by atoms with E-state index in [0.29, 0.717) is 28.4 Å². The summed E-state index contributed by atoms with van der Waals surface area (Å²) in [5.74, 6) is -0.428. The predicted molar refractivity (Wildman–Crippen MR) is 128 cm³/mol. The fourth-order valence-electron chi connectivity index (χ4n) is 3.49. The quantitative estimate of drug-likeness (QED) is 0.523. The van der Waals surface area contributed by atoms with Crippen molar-refractivity contribution in [1.82, 2.24) is 9.55 Å². The van der Waals surface area contributed by atoms with Gasteiger partial charge in [-0.05, 0) is 68.0 Å². The first-order valence-electron chi connectivity index (χ1n) is 9.82. The van der Waals surface area contributed by atoms with Crippen LogP contribution in [0.2, 0.25) is 0 Å². The van der Waals surface area contributed by atoms with E-state index >= 15 is 0 Å². The van der Waals surface area contributed by atoms with E-state index in [1.165, 1.54) is 11.1 Å². The second kappa shape index (κ2) is 8.55. The summed E-state index contributed by atoms with van der Waals surface area (Å²) < 4.78 is 6.92. The maximum Gasteiger partial charge on any atom is 0.335 e. The van der Waals surface area contributed by atoms with Crippen molar-refractivity contribution in [3.05, 3.63) is 84.5 Å². The zero-order valence-electron chi connectivity index (χ0n) is 17.9. The molecule has 0 radical (unpaired) electrons. The highest BCUT2D eigenvalue weighted by Gasteiger charge is 2.30. The molecule has 1 aromatic heterocycles. The highest BCUT2D eigenvalue weighted by atomic mass is 79.9. The van der Waals surface area contributed by atoms with E-state index < -0.39 is 23.0 Å². The summed E-state index contributed by atoms with van der Waals surface area (Å²) in [6.45, 7) is 3.38. The molecule has 0 saturated carbocycles. The Hall–Kier alpha value is -3.92. The summed E-state index contributed by atoms with van der Waals surface area (Å²) in [6, 6.07) is 11.9. The van der Waals surface area contributed by atoms with E-state index in [9.17, 15) is 19.5 Å². The second-order valence-electron chi connectivity index (χ2n) is 7.32. The highest BCUT2D eigenvalue weighted by Crippen LogP contribution is 2.28. The van der Waals surface area contributed by atoms with Crippen LogP contribution in [0.3, 0.4) is 0 Å². The van der Waals surface area contributed by atoms with Gasteiger partial charge in [0.15, 0.2) is 0 Å². The van der Waals surface area contributed by atoms with Crippen molar-refractivity contribution in [3.8, 4) is 17.3 Å². The normalized spacial score (nSPS) is 14.7. The molecule has 0 atom stereocenters. The average Bonchev–Trinajstić information content (AvgIpc) is 3.06. The van der Waals surface area contributed by atoms with E-state index in [2.05, 4.69) is 26.0 Å². The fraction of sp³-hybridized carbons (Fsp3) is 0.130. The first-order chi connectivity index (χ1) is 15.7. The number of aryl methyl sites for hydroxylation is 1. The lowest BCUT2D eigenvalue weighted by Crippen LogP contribution is -2.31. The number of nitrogens with one attached hydrogen (secondary N) is 1. The summed E-state index contributed by atoms with van der Waals surface area (Å²) in [5.41, 5.74) is 0.208. The van der Waals surface area contributed by atoms with E-state index in [4.69, 9.17) is 4.74 Å². The zero-order chi connectivity index (χ0) is 23.9. The molecule has 1 aliphatic heterocycles. The molecular formula is C23H19BrN4O5. The Kier molecular flexibility index (Phi) is 5.77. The van der Waals surface area contributed by atoms with Gasteiger partial charge in [0.1, 0.15) is 11.3 Å². The number of hydrogen-bond acceptors (Lipinski definition) is 6. The number of rotatable bonds is 4. The Morgan fingerprint density at radius 3 is 2.42 bits per heavy atom. The third-order valence-electron chi connectivity index (χ3n) is 5.19. The molecule has 9 nitrogen and oxygen atoms in total. The number of methoxy groups -OCH3 is 1. The van der Waals surface area contributed by atoms with Crippen LogP contribution in [0.1, 0.15) is 18.1 Å². The molecule has 2 aromatic carbocycles. The molecule has 0 spiro atoms. The van der Waals surface area contributed by atoms with Gasteiger partial charge in [-0.2, -0.15) is 10.1 Å². The van der Waals surface area contributed by atoms with Crippen LogP contribution in [0.25, 0.3) is 11.8 Å². The molecule has 0 fully saturated rings. The Morgan fingerprint density at radius 2 is 1.79 bits per heavy atom. The number of carbonyl (C=O) groups is 1. The van der Waals surface area contributed by atoms with Gasteiger partial charge in [-0.3, -0.25) is 14.6 Å². The minimum atomic E-state index is -0.820. The number of anilines is 1. The lowest BCUT2D eigenvalue weighted by molar-refractivity contribution is -0.114. The van der Waals surface area contributed by atoms with Gasteiger partial charge in [-0.15, -0.1) is 0 Å². The Labute approximate surface area is 196 Å². The lowest BCUT2D eigenvalue weighted by atomic mass is 10.1. The monoisotopic (exact) mass is 510 g/mol. The molecule has 3 aromatic rings. The standard InChI is InChI=1S/C23H19BrN4O5/c1-12-10-14(24)4-9-19(12)27-21(30)18(20(29)25-23(27)32)11-17-13(2)26-28(22(17)31)15-5-7-16(33-3)8-6-15/h4-11,30H,1-3H3,(H,25,29,32)/b17-11-. The number of ether oxygens (including phenoxy) is 1. The summed E-state index contributed by atoms with van der Waals surface area (Å²) in [5, 5.41) is 16.4. The summed E-state index contributed by atoms with van der Waals surface area (Å²) in [6.07, 6.45) is 1.24. The number of amides is 1. The lowest BCUT2D eigenvalue weighted by Gasteiger charge is -2.13. The van der Waals surface area contributed by atoms with E-state index in [1.54, 1.807) is 63.4 Å². The molecule has 0 aliphatic carbocycles. The number of nitrogens with zero attached hydrogens (tertiary/aromatic N) is 3. The molecule has 0 saturated heterocycles. The van der Waals surface area contributed by atoms with Crippen LogP contribution >= 0.6 is 15.9 Å². The van der Waals surface area contributed by atoms with Crippen LogP contribution in [0.15, 0.2) is 67.2 Å². The van der Waals surface area contributed by atoms with Crippen molar-refractivity contribution < 1.29 is 14.6 Å². The molecule has 0 unspecified atom stereocenters. The van der Waals surface area contributed by atoms with Gasteiger partial charge in [-0.25, -0.2) is 9.36 Å². The molecule has 1 aliphatic rings. The van der Waals surface area contributed by atoms with E-state index in [1.807, 2.05) is 0 Å². The topological polar surface area (TPSA) is 117 Å². The van der Waals surface area contributed by atoms with Crippen molar-refractivity contribution in [2.75, 3.05) is 12.1 Å². The molecule has 168 valence electrons. The second-order valence-corrected chi connectivity index (χ2v) is 8.24. The molecular weight excluding hydrogens is 492 g/mol. The SMILES string of the molecule is COc1ccc(N2N=C(C)/C(=C/c3c(O)n(-c4ccc(Br)cc4C)c(=O)[nH]c3=O)C2=O)cc1. The van der Waals surface area contributed by atoms with Gasteiger partial charge in [0.25, 0.3) is 11.5 Å². The third-order valence-corrected chi connectivity index (χ3v) is 5.68. The van der Waals surface area contributed by atoms with Crippen LogP contribution < -0.4 is 21.0 Å². The number of aromatic nitrogens is 2. The largest absolute Gasteiger partial charge is 0.497 e. The Bertz CT molecular complexity index is 1450. The molecule has 0 bridgehead atoms. The third kappa shape index (κ3) is 4.00. The maximum absolute atomic E-state index is 13.1. The molecule has 2 heterocycles. The van der Waals surface area contributed by atoms with Crippen molar-refractivity contribution in [2.24, 2.45) is 5.10 Å². The van der Waals surface area contributed by atoms with Crippen molar-refractivity contribution in [3.63, 3.8) is 0 Å². The number of hydrazone groups is 1. The first-order valence-corrected chi connectivity index (χ1v) is 10.6. The first kappa shape index (κ1) is 22.3. The minimum absolute atomic E-state index is 0.115. The fourth-order valence-corrected chi connectivity index (χ4v) is 3.96. The van der Waals surface area contributed by atoms with Gasteiger partial charge in [-0.1, -0.05) is 15.9 Å². The smallest absolute Gasteiger partial charge is 0.335 e. The molecule has 2 N–H and O–H groups in total. The van der Waals surface area contributed by atoms with Crippen LogP contribution in [-0.2, 0) is 4.79 Å². The molecule has 33 heavy (non-hydrogen) atoms. The molecule has 1 amide bonds. The van der Waals surface area contributed by atoms with Gasteiger partial charge < -0.3 is 9.84 Å². The molecule has 4 rings (SSSR count). The van der Waals surface area contributed by atoms with Crippen LogP contribution in [0.4, 0.5) is 5.69 Å². The summed E-state index contributed by atoms with van der Waals surface area (Å²) in [4.78, 5) is 40.3. The number of carbonyl (C=O) groups excluding carboxylic acids is 1. The Morgan fingerprint density at radius 1 is 1.09 bits per heavy atom. The van der Waals surface area contributed by atoms with Gasteiger partial charge >= 0.3 is 5.69 Å². The zero-order valence-corrected chi connectivity index (χ0v) is 19.5. The van der Waals surface area contributed by atoms with Crippen molar-refractivity contribution in [1.29, 1.82) is 0 Å². The van der Waals surface area contributed by atoms with E-state index in [0.717, 1.165) is 9.04 Å². The number of aromatic amines is 1. The summed E-state index contributed by atoms with van der Waals surface area (Å²) >= 11 is 3.36. The number of hydrogen-bond donors (Lipinski definition) is 2. The van der Waals surface area contributed by atoms with Gasteiger partial charge in [0.05, 0.1) is 29.8 Å². The van der Waals surface area contributed by atoms with Gasteiger partial charge in [0.2, 0.25) is 5.88 Å². The van der Waals surface area contributed by atoms with Crippen LogP contribution in [-0.4, -0.2) is 33.4 Å². The van der Waals surface area contributed by atoms with Crippen LogP contribution in [0.5, 0.6) is 11.6 Å². The van der Waals surface area contributed by atoms with Gasteiger partial charge in [0, 0.05) is 4.47 Å². The van der Waals surface area contributed by atoms with Crippen molar-refractivity contribution in [2.45, 2.75) is 13.8 Å². The maximum atomic E-state index is 13.1. The van der Waals surface area contributed by atoms with E-state index in [-0.39, 0.29) is 11.1 Å². The van der Waals surface area contributed by atoms with Crippen LogP contribution in [0, 0.1) is 6.92 Å². The Balaban J connectivity index is 1.80. The number of H-pyrrole nitrogens is 1. The minimum Gasteiger partial charge on any atom is -0.497 e. The number of aromatic hydroxyl groups is 1. The highest BCUT2D eigenvalue weighted by molar-refractivity contribution is 9.10. The average molecular weight is 511 g/mol. The molecule has 10 heteroatoms. The summed E-state index contributed by atoms with van der Waals surface area (Å²) in [7, 11) is 1.54. The predicted octanol–water partition coefficient (Wildman–Crippen LogP) is 3.12. The van der Waals surface area contributed by atoms with Crippen molar-refractivity contribution >= 4 is 39.3 Å².